The molecule has 0 unspecified atom stereocenters. The fourth-order valence-electron chi connectivity index (χ4n) is 2.00. The zero-order valence-electron chi connectivity index (χ0n) is 8.59. The molecule has 0 aromatic heterocycles. The third-order valence-electron chi connectivity index (χ3n) is 2.71. The molecule has 1 aromatic carbocycles. The highest BCUT2D eigenvalue weighted by molar-refractivity contribution is 5.73. The summed E-state index contributed by atoms with van der Waals surface area (Å²) in [6.45, 7) is 2.12. The van der Waals surface area contributed by atoms with Crippen LogP contribution in [0.4, 0.5) is 5.69 Å². The Balaban J connectivity index is 2.20. The molecule has 1 aromatic rings. The molecule has 2 nitrogen and oxygen atoms in total. The number of hydrazine groups is 1. The van der Waals surface area contributed by atoms with Crippen molar-refractivity contribution in [2.45, 2.75) is 6.92 Å². The van der Waals surface area contributed by atoms with Crippen LogP contribution in [0.3, 0.4) is 0 Å². The molecule has 2 heteroatoms. The van der Waals surface area contributed by atoms with E-state index in [1.54, 1.807) is 0 Å². The smallest absolute Gasteiger partial charge is 0.0702 e. The summed E-state index contributed by atoms with van der Waals surface area (Å²) in [4.78, 5) is 0. The van der Waals surface area contributed by atoms with Crippen molar-refractivity contribution in [1.29, 1.82) is 0 Å². The minimum absolute atomic E-state index is 1.23. The summed E-state index contributed by atoms with van der Waals surface area (Å²) >= 11 is 0. The zero-order valence-corrected chi connectivity index (χ0v) is 8.59. The molecule has 0 amide bonds. The number of para-hydroxylation sites is 1. The lowest BCUT2D eigenvalue weighted by Crippen LogP contribution is -2.37. The van der Waals surface area contributed by atoms with Crippen LogP contribution < -0.4 is 5.01 Å². The van der Waals surface area contributed by atoms with Gasteiger partial charge in [0, 0.05) is 23.7 Å². The van der Waals surface area contributed by atoms with Crippen molar-refractivity contribution in [2.75, 3.05) is 5.01 Å². The van der Waals surface area contributed by atoms with Gasteiger partial charge in [0.05, 0.1) is 5.69 Å². The molecule has 0 aliphatic carbocycles. The summed E-state index contributed by atoms with van der Waals surface area (Å²) in [5.41, 5.74) is 3.73. The fourth-order valence-corrected chi connectivity index (χ4v) is 2.00. The van der Waals surface area contributed by atoms with Crippen LogP contribution in [0.5, 0.6) is 0 Å². The molecule has 2 heterocycles. The first-order valence-electron chi connectivity index (χ1n) is 5.07. The second kappa shape index (κ2) is 3.02. The maximum atomic E-state index is 2.20. The maximum absolute atomic E-state index is 2.20. The van der Waals surface area contributed by atoms with Crippen LogP contribution in [0, 0.1) is 0 Å². The van der Waals surface area contributed by atoms with Gasteiger partial charge in [0.25, 0.3) is 0 Å². The van der Waals surface area contributed by atoms with Gasteiger partial charge in [-0.15, -0.1) is 0 Å². The monoisotopic (exact) mass is 196 g/mol. The van der Waals surface area contributed by atoms with Crippen molar-refractivity contribution >= 4 is 11.8 Å². The van der Waals surface area contributed by atoms with E-state index in [1.165, 1.54) is 16.9 Å². The lowest BCUT2D eigenvalue weighted by atomic mass is 10.1. The van der Waals surface area contributed by atoms with Crippen molar-refractivity contribution in [3.8, 4) is 0 Å². The Hall–Kier alpha value is -1.96. The van der Waals surface area contributed by atoms with Crippen molar-refractivity contribution in [2.24, 2.45) is 0 Å². The van der Waals surface area contributed by atoms with E-state index < -0.39 is 0 Å². The lowest BCUT2D eigenvalue weighted by Gasteiger charge is -2.39. The Bertz CT molecular complexity index is 483. The molecule has 0 fully saturated rings. The van der Waals surface area contributed by atoms with Crippen molar-refractivity contribution in [3.63, 3.8) is 0 Å². The highest BCUT2D eigenvalue weighted by Gasteiger charge is 2.20. The average molecular weight is 196 g/mol. The number of anilines is 1. The molecule has 2 aliphatic heterocycles. The molecular formula is C13H12N2. The zero-order chi connectivity index (χ0) is 10.3. The van der Waals surface area contributed by atoms with Crippen molar-refractivity contribution in [3.05, 3.63) is 60.1 Å². The predicted octanol–water partition coefficient (Wildman–Crippen LogP) is 3.13. The van der Waals surface area contributed by atoms with Crippen molar-refractivity contribution < 1.29 is 0 Å². The van der Waals surface area contributed by atoms with Gasteiger partial charge in [0.15, 0.2) is 0 Å². The summed E-state index contributed by atoms with van der Waals surface area (Å²) in [7, 11) is 0. The van der Waals surface area contributed by atoms with Gasteiger partial charge >= 0.3 is 0 Å². The molecule has 0 spiro atoms. The molecule has 0 atom stereocenters. The Morgan fingerprint density at radius 2 is 1.67 bits per heavy atom. The maximum Gasteiger partial charge on any atom is 0.0702 e. The first-order valence-corrected chi connectivity index (χ1v) is 5.07. The molecule has 2 aliphatic rings. The molecule has 3 rings (SSSR count). The van der Waals surface area contributed by atoms with Gasteiger partial charge in [-0.25, -0.2) is 0 Å². The Morgan fingerprint density at radius 3 is 2.53 bits per heavy atom. The summed E-state index contributed by atoms with van der Waals surface area (Å²) in [6.07, 6.45) is 10.4. The second-order valence-corrected chi connectivity index (χ2v) is 3.72. The molecule has 15 heavy (non-hydrogen) atoms. The van der Waals surface area contributed by atoms with Gasteiger partial charge in [-0.2, -0.15) is 0 Å². The summed E-state index contributed by atoms with van der Waals surface area (Å²) in [5, 5.41) is 4.30. The Kier molecular flexibility index (Phi) is 1.68. The number of nitrogens with zero attached hydrogens (tertiary/aromatic N) is 2. The lowest BCUT2D eigenvalue weighted by molar-refractivity contribution is 0.464. The minimum Gasteiger partial charge on any atom is -0.261 e. The Morgan fingerprint density at radius 1 is 0.933 bits per heavy atom. The number of benzene rings is 1. The topological polar surface area (TPSA) is 6.48 Å². The van der Waals surface area contributed by atoms with Crippen LogP contribution in [0.15, 0.2) is 54.5 Å². The SMILES string of the molecule is CC1=Cc2ccccc2N2C=CC=CN12. The summed E-state index contributed by atoms with van der Waals surface area (Å²) in [5.74, 6) is 0. The number of allylic oxidation sites excluding steroid dienone is 3. The van der Waals surface area contributed by atoms with E-state index in [0.29, 0.717) is 0 Å². The first kappa shape index (κ1) is 8.36. The summed E-state index contributed by atoms with van der Waals surface area (Å²) < 4.78 is 0. The van der Waals surface area contributed by atoms with E-state index in [1.807, 2.05) is 12.2 Å². The highest BCUT2D eigenvalue weighted by atomic mass is 15.6. The van der Waals surface area contributed by atoms with E-state index in [4.69, 9.17) is 0 Å². The first-order chi connectivity index (χ1) is 7.36. The second-order valence-electron chi connectivity index (χ2n) is 3.72. The van der Waals surface area contributed by atoms with Crippen LogP contribution in [0.2, 0.25) is 0 Å². The van der Waals surface area contributed by atoms with E-state index >= 15 is 0 Å². The average Bonchev–Trinajstić information content (AvgIpc) is 2.30. The largest absolute Gasteiger partial charge is 0.261 e. The van der Waals surface area contributed by atoms with Gasteiger partial charge in [0.1, 0.15) is 0 Å². The van der Waals surface area contributed by atoms with Gasteiger partial charge in [-0.3, -0.25) is 10.0 Å². The van der Waals surface area contributed by atoms with Gasteiger partial charge < -0.3 is 0 Å². The van der Waals surface area contributed by atoms with E-state index in [2.05, 4.69) is 59.7 Å². The minimum atomic E-state index is 1.23. The molecule has 0 bridgehead atoms. The standard InChI is InChI=1S/C13H12N2/c1-11-10-12-6-2-3-7-13(12)15-9-5-4-8-14(11)15/h2-10H,1H3. The number of rotatable bonds is 0. The van der Waals surface area contributed by atoms with E-state index in [-0.39, 0.29) is 0 Å². The van der Waals surface area contributed by atoms with Crippen LogP contribution in [0.1, 0.15) is 12.5 Å². The quantitative estimate of drug-likeness (QED) is 0.629. The third kappa shape index (κ3) is 1.18. The number of fused-ring (bicyclic) bond motifs is 3. The van der Waals surface area contributed by atoms with Gasteiger partial charge in [-0.05, 0) is 31.2 Å². The fraction of sp³-hybridized carbons (Fsp3) is 0.0769. The molecule has 0 radical (unpaired) electrons. The molecule has 0 N–H and O–H groups in total. The van der Waals surface area contributed by atoms with Crippen LogP contribution in [-0.4, -0.2) is 5.01 Å². The van der Waals surface area contributed by atoms with E-state index in [9.17, 15) is 0 Å². The van der Waals surface area contributed by atoms with Crippen LogP contribution in [-0.2, 0) is 0 Å². The molecule has 0 saturated carbocycles. The van der Waals surface area contributed by atoms with E-state index in [0.717, 1.165) is 0 Å². The Labute approximate surface area is 89.4 Å². The normalized spacial score (nSPS) is 17.3. The highest BCUT2D eigenvalue weighted by Crippen LogP contribution is 2.32. The molecular weight excluding hydrogens is 184 g/mol. The molecule has 74 valence electrons. The third-order valence-corrected chi connectivity index (χ3v) is 2.71. The molecule has 0 saturated heterocycles. The van der Waals surface area contributed by atoms with Crippen LogP contribution in [0.25, 0.3) is 6.08 Å². The predicted molar refractivity (Wildman–Crippen MR) is 62.7 cm³/mol. The van der Waals surface area contributed by atoms with Crippen LogP contribution >= 0.6 is 0 Å². The van der Waals surface area contributed by atoms with Gasteiger partial charge in [-0.1, -0.05) is 18.2 Å². The number of hydrogen-bond acceptors (Lipinski definition) is 2. The number of hydrogen-bond donors (Lipinski definition) is 0. The van der Waals surface area contributed by atoms with Crippen molar-refractivity contribution in [1.82, 2.24) is 5.01 Å². The van der Waals surface area contributed by atoms with Gasteiger partial charge in [0.2, 0.25) is 0 Å². The summed E-state index contributed by atoms with van der Waals surface area (Å²) in [6, 6.07) is 8.41.